The molecule has 0 aliphatic heterocycles. The average molecular weight is 271 g/mol. The molecule has 0 saturated heterocycles. The Morgan fingerprint density at radius 2 is 1.75 bits per heavy atom. The van der Waals surface area contributed by atoms with Crippen molar-refractivity contribution in [2.45, 2.75) is 47.6 Å². The molecule has 0 saturated carbocycles. The van der Waals surface area contributed by atoms with E-state index in [9.17, 15) is 0 Å². The number of rotatable bonds is 4. The Morgan fingerprint density at radius 1 is 1.15 bits per heavy atom. The Bertz CT molecular complexity index is 589. The van der Waals surface area contributed by atoms with E-state index in [2.05, 4.69) is 57.4 Å². The molecule has 3 heteroatoms. The lowest BCUT2D eigenvalue weighted by Crippen LogP contribution is -2.10. The lowest BCUT2D eigenvalue weighted by atomic mass is 10.1. The van der Waals surface area contributed by atoms with Crippen molar-refractivity contribution in [3.63, 3.8) is 0 Å². The second-order valence-electron chi connectivity index (χ2n) is 6.00. The molecule has 2 N–H and O–H groups in total. The van der Waals surface area contributed by atoms with Crippen LogP contribution >= 0.6 is 0 Å². The number of aryl methyl sites for hydroxylation is 3. The lowest BCUT2D eigenvalue weighted by Gasteiger charge is -2.11. The highest BCUT2D eigenvalue weighted by Gasteiger charge is 2.16. The highest BCUT2D eigenvalue weighted by atomic mass is 15.1. The SMILES string of the molecule is CCc1nc(-c2cc(C)cc(C)c2)c(N)n1CC(C)C. The number of benzene rings is 1. The Kier molecular flexibility index (Phi) is 4.17. The molecule has 0 bridgehead atoms. The van der Waals surface area contributed by atoms with Crippen molar-refractivity contribution >= 4 is 5.82 Å². The minimum Gasteiger partial charge on any atom is -0.383 e. The van der Waals surface area contributed by atoms with E-state index < -0.39 is 0 Å². The fourth-order valence-electron chi connectivity index (χ4n) is 2.68. The van der Waals surface area contributed by atoms with Crippen molar-refractivity contribution in [2.24, 2.45) is 5.92 Å². The van der Waals surface area contributed by atoms with Gasteiger partial charge in [0.05, 0.1) is 0 Å². The molecule has 0 aliphatic carbocycles. The molecule has 108 valence electrons. The summed E-state index contributed by atoms with van der Waals surface area (Å²) in [6.45, 7) is 11.7. The van der Waals surface area contributed by atoms with Crippen LogP contribution in [0.15, 0.2) is 18.2 Å². The van der Waals surface area contributed by atoms with E-state index in [-0.39, 0.29) is 0 Å². The maximum absolute atomic E-state index is 6.36. The number of hydrogen-bond acceptors (Lipinski definition) is 2. The third-order valence-electron chi connectivity index (χ3n) is 3.44. The Hall–Kier alpha value is -1.77. The highest BCUT2D eigenvalue weighted by molar-refractivity contribution is 5.72. The van der Waals surface area contributed by atoms with Crippen molar-refractivity contribution in [2.75, 3.05) is 5.73 Å². The van der Waals surface area contributed by atoms with E-state index in [1.54, 1.807) is 0 Å². The number of nitrogens with zero attached hydrogens (tertiary/aromatic N) is 2. The smallest absolute Gasteiger partial charge is 0.131 e. The molecule has 0 spiro atoms. The van der Waals surface area contributed by atoms with E-state index in [0.29, 0.717) is 5.92 Å². The van der Waals surface area contributed by atoms with Gasteiger partial charge in [-0.25, -0.2) is 4.98 Å². The normalized spacial score (nSPS) is 11.3. The second-order valence-corrected chi connectivity index (χ2v) is 6.00. The average Bonchev–Trinajstić information content (AvgIpc) is 2.65. The van der Waals surface area contributed by atoms with Gasteiger partial charge in [-0.15, -0.1) is 0 Å². The molecule has 0 amide bonds. The van der Waals surface area contributed by atoms with Crippen LogP contribution in [0.1, 0.15) is 37.7 Å². The van der Waals surface area contributed by atoms with Gasteiger partial charge >= 0.3 is 0 Å². The van der Waals surface area contributed by atoms with Gasteiger partial charge in [-0.05, 0) is 31.9 Å². The molecule has 0 radical (unpaired) electrons. The van der Waals surface area contributed by atoms with Crippen LogP contribution in [0.4, 0.5) is 5.82 Å². The number of nitrogen functional groups attached to an aromatic ring is 1. The Balaban J connectivity index is 2.54. The summed E-state index contributed by atoms with van der Waals surface area (Å²) in [5.74, 6) is 2.43. The summed E-state index contributed by atoms with van der Waals surface area (Å²) in [5.41, 5.74) is 10.9. The van der Waals surface area contributed by atoms with E-state index in [0.717, 1.165) is 35.9 Å². The Labute approximate surface area is 121 Å². The molecule has 2 rings (SSSR count). The van der Waals surface area contributed by atoms with Crippen LogP contribution in [0, 0.1) is 19.8 Å². The first-order valence-corrected chi connectivity index (χ1v) is 7.35. The quantitative estimate of drug-likeness (QED) is 0.914. The maximum atomic E-state index is 6.36. The summed E-state index contributed by atoms with van der Waals surface area (Å²) in [7, 11) is 0. The maximum Gasteiger partial charge on any atom is 0.131 e. The van der Waals surface area contributed by atoms with Gasteiger partial charge in [0, 0.05) is 18.5 Å². The van der Waals surface area contributed by atoms with E-state index >= 15 is 0 Å². The zero-order valence-corrected chi connectivity index (χ0v) is 13.2. The van der Waals surface area contributed by atoms with Crippen molar-refractivity contribution in [1.82, 2.24) is 9.55 Å². The zero-order valence-electron chi connectivity index (χ0n) is 13.2. The number of imidazole rings is 1. The fourth-order valence-corrected chi connectivity index (χ4v) is 2.68. The van der Waals surface area contributed by atoms with Crippen LogP contribution in [0.25, 0.3) is 11.3 Å². The summed E-state index contributed by atoms with van der Waals surface area (Å²) in [6, 6.07) is 6.49. The van der Waals surface area contributed by atoms with Crippen LogP contribution in [0.2, 0.25) is 0 Å². The fraction of sp³-hybridized carbons (Fsp3) is 0.471. The van der Waals surface area contributed by atoms with Gasteiger partial charge in [0.1, 0.15) is 17.3 Å². The van der Waals surface area contributed by atoms with E-state index in [4.69, 9.17) is 10.7 Å². The van der Waals surface area contributed by atoms with Gasteiger partial charge in [0.15, 0.2) is 0 Å². The molecule has 0 atom stereocenters. The Morgan fingerprint density at radius 3 is 2.25 bits per heavy atom. The van der Waals surface area contributed by atoms with Crippen LogP contribution in [0.5, 0.6) is 0 Å². The molecular weight excluding hydrogens is 246 g/mol. The van der Waals surface area contributed by atoms with Crippen LogP contribution in [-0.2, 0) is 13.0 Å². The minimum absolute atomic E-state index is 0.559. The first kappa shape index (κ1) is 14.6. The molecule has 1 aromatic heterocycles. The summed E-state index contributed by atoms with van der Waals surface area (Å²) in [6.07, 6.45) is 0.904. The molecule has 0 unspecified atom stereocenters. The van der Waals surface area contributed by atoms with Gasteiger partial charge < -0.3 is 10.3 Å². The van der Waals surface area contributed by atoms with E-state index in [1.165, 1.54) is 11.1 Å². The number of aromatic nitrogens is 2. The van der Waals surface area contributed by atoms with Crippen molar-refractivity contribution in [1.29, 1.82) is 0 Å². The summed E-state index contributed by atoms with van der Waals surface area (Å²) < 4.78 is 2.16. The van der Waals surface area contributed by atoms with Gasteiger partial charge in [0.2, 0.25) is 0 Å². The van der Waals surface area contributed by atoms with Crippen molar-refractivity contribution in [3.8, 4) is 11.3 Å². The topological polar surface area (TPSA) is 43.8 Å². The lowest BCUT2D eigenvalue weighted by molar-refractivity contribution is 0.513. The van der Waals surface area contributed by atoms with Gasteiger partial charge in [-0.2, -0.15) is 0 Å². The molecule has 1 aromatic carbocycles. The van der Waals surface area contributed by atoms with Crippen LogP contribution < -0.4 is 5.73 Å². The largest absolute Gasteiger partial charge is 0.383 e. The number of anilines is 1. The third-order valence-corrected chi connectivity index (χ3v) is 3.44. The van der Waals surface area contributed by atoms with Gasteiger partial charge in [-0.3, -0.25) is 0 Å². The monoisotopic (exact) mass is 271 g/mol. The molecule has 0 aliphatic rings. The highest BCUT2D eigenvalue weighted by Crippen LogP contribution is 2.29. The van der Waals surface area contributed by atoms with Gasteiger partial charge in [-0.1, -0.05) is 38.0 Å². The summed E-state index contributed by atoms with van der Waals surface area (Å²) in [4.78, 5) is 4.77. The van der Waals surface area contributed by atoms with Gasteiger partial charge in [0.25, 0.3) is 0 Å². The molecule has 20 heavy (non-hydrogen) atoms. The second kappa shape index (κ2) is 5.70. The molecule has 3 nitrogen and oxygen atoms in total. The van der Waals surface area contributed by atoms with Crippen molar-refractivity contribution in [3.05, 3.63) is 35.2 Å². The predicted octanol–water partition coefficient (Wildman–Crippen LogP) is 3.97. The first-order valence-electron chi connectivity index (χ1n) is 7.35. The standard InChI is InChI=1S/C17H25N3/c1-6-15-19-16(17(18)20(15)10-11(2)3)14-8-12(4)7-13(5)9-14/h7-9,11H,6,10,18H2,1-5H3. The minimum atomic E-state index is 0.559. The van der Waals surface area contributed by atoms with Crippen molar-refractivity contribution < 1.29 is 0 Å². The van der Waals surface area contributed by atoms with Crippen LogP contribution in [-0.4, -0.2) is 9.55 Å². The first-order chi connectivity index (χ1) is 9.42. The van der Waals surface area contributed by atoms with Crippen LogP contribution in [0.3, 0.4) is 0 Å². The number of nitrogens with two attached hydrogens (primary N) is 1. The van der Waals surface area contributed by atoms with E-state index in [1.807, 2.05) is 0 Å². The number of hydrogen-bond donors (Lipinski definition) is 1. The predicted molar refractivity (Wildman–Crippen MR) is 85.8 cm³/mol. The molecular formula is C17H25N3. The summed E-state index contributed by atoms with van der Waals surface area (Å²) >= 11 is 0. The zero-order chi connectivity index (χ0) is 14.9. The molecule has 2 aromatic rings. The molecule has 0 fully saturated rings. The summed E-state index contributed by atoms with van der Waals surface area (Å²) in [5, 5.41) is 0. The third kappa shape index (κ3) is 2.87. The molecule has 1 heterocycles.